The Morgan fingerprint density at radius 2 is 1.92 bits per heavy atom. The van der Waals surface area contributed by atoms with E-state index in [1.165, 1.54) is 4.90 Å². The van der Waals surface area contributed by atoms with Gasteiger partial charge in [-0.1, -0.05) is 34.1 Å². The first-order valence-corrected chi connectivity index (χ1v) is 8.48. The summed E-state index contributed by atoms with van der Waals surface area (Å²) in [5, 5.41) is 0.441. The summed E-state index contributed by atoms with van der Waals surface area (Å²) in [5.74, 6) is 0.403. The van der Waals surface area contributed by atoms with E-state index in [-0.39, 0.29) is 17.1 Å². The second-order valence-corrected chi connectivity index (χ2v) is 6.79. The molecule has 5 nitrogen and oxygen atoms in total. The summed E-state index contributed by atoms with van der Waals surface area (Å²) >= 11 is 3.38. The summed E-state index contributed by atoms with van der Waals surface area (Å²) in [6, 6.07) is 12.0. The van der Waals surface area contributed by atoms with Crippen LogP contribution in [0, 0.1) is 0 Å². The monoisotopic (exact) mass is 399 g/mol. The van der Waals surface area contributed by atoms with Crippen molar-refractivity contribution in [3.05, 3.63) is 74.0 Å². The molecule has 0 radical (unpaired) electrons. The number of rotatable bonds is 2. The SMILES string of the molecule is COc1ccccc1[C@H]1c2c(oc3ccc(Br)cc3c2=O)C(=O)N1C. The Kier molecular flexibility index (Phi) is 3.65. The van der Waals surface area contributed by atoms with Crippen LogP contribution in [-0.4, -0.2) is 25.0 Å². The molecule has 0 aliphatic carbocycles. The van der Waals surface area contributed by atoms with Crippen molar-refractivity contribution in [3.63, 3.8) is 0 Å². The predicted octanol–water partition coefficient (Wildman–Crippen LogP) is 3.74. The molecule has 0 fully saturated rings. The van der Waals surface area contributed by atoms with E-state index in [9.17, 15) is 9.59 Å². The van der Waals surface area contributed by atoms with Gasteiger partial charge in [-0.15, -0.1) is 0 Å². The average molecular weight is 400 g/mol. The van der Waals surface area contributed by atoms with E-state index in [0.717, 1.165) is 10.0 Å². The van der Waals surface area contributed by atoms with Crippen molar-refractivity contribution in [3.8, 4) is 5.75 Å². The number of amides is 1. The zero-order valence-electron chi connectivity index (χ0n) is 13.6. The van der Waals surface area contributed by atoms with Crippen LogP contribution in [0.5, 0.6) is 5.75 Å². The molecule has 0 spiro atoms. The van der Waals surface area contributed by atoms with Gasteiger partial charge in [-0.05, 0) is 24.3 Å². The number of para-hydroxylation sites is 1. The van der Waals surface area contributed by atoms with E-state index in [0.29, 0.717) is 22.3 Å². The van der Waals surface area contributed by atoms with Crippen molar-refractivity contribution in [1.82, 2.24) is 4.90 Å². The smallest absolute Gasteiger partial charge is 0.290 e. The Morgan fingerprint density at radius 3 is 2.68 bits per heavy atom. The van der Waals surface area contributed by atoms with Gasteiger partial charge in [0.05, 0.1) is 24.1 Å². The van der Waals surface area contributed by atoms with Crippen LogP contribution in [0.4, 0.5) is 0 Å². The molecule has 2 aromatic carbocycles. The zero-order chi connectivity index (χ0) is 17.7. The third-order valence-electron chi connectivity index (χ3n) is 4.50. The van der Waals surface area contributed by atoms with Crippen LogP contribution < -0.4 is 10.2 Å². The molecule has 4 rings (SSSR count). The molecule has 0 saturated carbocycles. The van der Waals surface area contributed by atoms with Gasteiger partial charge < -0.3 is 14.1 Å². The molecule has 2 heterocycles. The summed E-state index contributed by atoms with van der Waals surface area (Å²) in [6.45, 7) is 0. The molecule has 1 amide bonds. The fourth-order valence-electron chi connectivity index (χ4n) is 3.32. The number of nitrogens with zero attached hydrogens (tertiary/aromatic N) is 1. The van der Waals surface area contributed by atoms with Crippen LogP contribution in [0.2, 0.25) is 0 Å². The quantitative estimate of drug-likeness (QED) is 0.658. The zero-order valence-corrected chi connectivity index (χ0v) is 15.2. The minimum Gasteiger partial charge on any atom is -0.496 e. The molecule has 1 aliphatic rings. The van der Waals surface area contributed by atoms with Gasteiger partial charge in [0.2, 0.25) is 5.76 Å². The number of carbonyl (C=O) groups is 1. The lowest BCUT2D eigenvalue weighted by molar-refractivity contribution is 0.0770. The highest BCUT2D eigenvalue weighted by Crippen LogP contribution is 2.40. The summed E-state index contributed by atoms with van der Waals surface area (Å²) in [5.41, 5.74) is 1.30. The largest absolute Gasteiger partial charge is 0.496 e. The molecule has 0 N–H and O–H groups in total. The molecular weight excluding hydrogens is 386 g/mol. The number of fused-ring (bicyclic) bond motifs is 2. The number of hydrogen-bond acceptors (Lipinski definition) is 4. The number of carbonyl (C=O) groups excluding carboxylic acids is 1. The van der Waals surface area contributed by atoms with Crippen molar-refractivity contribution < 1.29 is 13.9 Å². The van der Waals surface area contributed by atoms with Crippen molar-refractivity contribution in [1.29, 1.82) is 0 Å². The Balaban J connectivity index is 2.06. The van der Waals surface area contributed by atoms with Gasteiger partial charge in [0.15, 0.2) is 5.43 Å². The van der Waals surface area contributed by atoms with Crippen LogP contribution >= 0.6 is 15.9 Å². The highest BCUT2D eigenvalue weighted by atomic mass is 79.9. The molecule has 25 heavy (non-hydrogen) atoms. The molecule has 1 aliphatic heterocycles. The molecule has 1 aromatic heterocycles. The van der Waals surface area contributed by atoms with Crippen LogP contribution in [0.3, 0.4) is 0 Å². The van der Waals surface area contributed by atoms with E-state index in [1.807, 2.05) is 24.3 Å². The van der Waals surface area contributed by atoms with Gasteiger partial charge >= 0.3 is 0 Å². The lowest BCUT2D eigenvalue weighted by atomic mass is 9.98. The predicted molar refractivity (Wildman–Crippen MR) is 97.1 cm³/mol. The van der Waals surface area contributed by atoms with E-state index in [2.05, 4.69) is 15.9 Å². The molecule has 0 bridgehead atoms. The number of methoxy groups -OCH3 is 1. The summed E-state index contributed by atoms with van der Waals surface area (Å²) in [7, 11) is 3.23. The third kappa shape index (κ3) is 2.28. The molecular formula is C19H14BrNO4. The van der Waals surface area contributed by atoms with Crippen LogP contribution in [-0.2, 0) is 0 Å². The average Bonchev–Trinajstić information content (AvgIpc) is 2.87. The maximum absolute atomic E-state index is 13.1. The van der Waals surface area contributed by atoms with Crippen LogP contribution in [0.25, 0.3) is 11.0 Å². The summed E-state index contributed by atoms with van der Waals surface area (Å²) in [4.78, 5) is 27.3. The van der Waals surface area contributed by atoms with E-state index in [4.69, 9.17) is 9.15 Å². The van der Waals surface area contributed by atoms with Gasteiger partial charge in [0.25, 0.3) is 5.91 Å². The second kappa shape index (κ2) is 5.74. The van der Waals surface area contributed by atoms with E-state index < -0.39 is 6.04 Å². The second-order valence-electron chi connectivity index (χ2n) is 5.88. The fourth-order valence-corrected chi connectivity index (χ4v) is 3.68. The van der Waals surface area contributed by atoms with Crippen molar-refractivity contribution >= 4 is 32.8 Å². The molecule has 3 aromatic rings. The maximum Gasteiger partial charge on any atom is 0.290 e. The maximum atomic E-state index is 13.1. The first-order valence-electron chi connectivity index (χ1n) is 7.69. The van der Waals surface area contributed by atoms with E-state index in [1.54, 1.807) is 32.4 Å². The van der Waals surface area contributed by atoms with Crippen molar-refractivity contribution in [2.45, 2.75) is 6.04 Å². The molecule has 126 valence electrons. The van der Waals surface area contributed by atoms with E-state index >= 15 is 0 Å². The number of halogens is 1. The Labute approximate surface area is 151 Å². The highest BCUT2D eigenvalue weighted by Gasteiger charge is 2.41. The lowest BCUT2D eigenvalue weighted by Gasteiger charge is -2.22. The Hall–Kier alpha value is -2.60. The van der Waals surface area contributed by atoms with Crippen molar-refractivity contribution in [2.75, 3.05) is 14.2 Å². The van der Waals surface area contributed by atoms with Gasteiger partial charge in [-0.2, -0.15) is 0 Å². The Bertz CT molecular complexity index is 1070. The van der Waals surface area contributed by atoms with Gasteiger partial charge in [-0.3, -0.25) is 9.59 Å². The summed E-state index contributed by atoms with van der Waals surface area (Å²) in [6.07, 6.45) is 0. The van der Waals surface area contributed by atoms with Crippen molar-refractivity contribution in [2.24, 2.45) is 0 Å². The van der Waals surface area contributed by atoms with Gasteiger partial charge in [0, 0.05) is 17.1 Å². The Morgan fingerprint density at radius 1 is 1.16 bits per heavy atom. The summed E-state index contributed by atoms with van der Waals surface area (Å²) < 4.78 is 12.0. The lowest BCUT2D eigenvalue weighted by Crippen LogP contribution is -2.25. The molecule has 1 atom stereocenters. The van der Waals surface area contributed by atoms with Crippen LogP contribution in [0.1, 0.15) is 27.7 Å². The third-order valence-corrected chi connectivity index (χ3v) is 4.99. The minimum absolute atomic E-state index is 0.0956. The standard InChI is InChI=1S/C19H14BrNO4/c1-21-16(11-5-3-4-6-13(11)24-2)15-17(22)12-9-10(20)7-8-14(12)25-18(15)19(21)23/h3-9,16H,1-2H3/t16-/m0/s1. The number of ether oxygens (including phenoxy) is 1. The van der Waals surface area contributed by atoms with Gasteiger partial charge in [0.1, 0.15) is 11.3 Å². The molecule has 0 saturated heterocycles. The van der Waals surface area contributed by atoms with Gasteiger partial charge in [-0.25, -0.2) is 0 Å². The first-order chi connectivity index (χ1) is 12.0. The normalized spacial score (nSPS) is 16.4. The van der Waals surface area contributed by atoms with Crippen LogP contribution in [0.15, 0.2) is 56.1 Å². The number of hydrogen-bond donors (Lipinski definition) is 0. The minimum atomic E-state index is -0.543. The number of benzene rings is 2. The first kappa shape index (κ1) is 15.9. The fraction of sp³-hybridized carbons (Fsp3) is 0.158. The topological polar surface area (TPSA) is 59.8 Å². The molecule has 0 unspecified atom stereocenters. The highest BCUT2D eigenvalue weighted by molar-refractivity contribution is 9.10. The molecule has 6 heteroatoms.